The van der Waals surface area contributed by atoms with E-state index in [2.05, 4.69) is 17.4 Å². The van der Waals surface area contributed by atoms with E-state index in [1.54, 1.807) is 13.0 Å². The molecule has 1 aromatic carbocycles. The normalized spacial score (nSPS) is 9.85. The molecule has 0 saturated carbocycles. The van der Waals surface area contributed by atoms with E-state index in [1.807, 2.05) is 0 Å². The SMILES string of the molecule is COC(=O)c1ccc(S)c(C)c1F. The van der Waals surface area contributed by atoms with Crippen molar-refractivity contribution in [1.29, 1.82) is 0 Å². The molecule has 4 heteroatoms. The van der Waals surface area contributed by atoms with Crippen LogP contribution in [0.4, 0.5) is 4.39 Å². The number of halogens is 1. The number of hydrogen-bond donors (Lipinski definition) is 1. The molecule has 0 aromatic heterocycles. The molecule has 2 nitrogen and oxygen atoms in total. The highest BCUT2D eigenvalue weighted by Crippen LogP contribution is 2.20. The molecule has 0 unspecified atom stereocenters. The van der Waals surface area contributed by atoms with E-state index in [-0.39, 0.29) is 5.56 Å². The first-order valence-corrected chi connectivity index (χ1v) is 4.09. The molecule has 0 amide bonds. The highest BCUT2D eigenvalue weighted by Gasteiger charge is 2.14. The van der Waals surface area contributed by atoms with E-state index in [0.717, 1.165) is 0 Å². The summed E-state index contributed by atoms with van der Waals surface area (Å²) in [6.07, 6.45) is 0. The molecule has 0 fully saturated rings. The van der Waals surface area contributed by atoms with Gasteiger partial charge in [-0.1, -0.05) is 0 Å². The van der Waals surface area contributed by atoms with Crippen molar-refractivity contribution in [2.24, 2.45) is 0 Å². The van der Waals surface area contributed by atoms with Crippen LogP contribution >= 0.6 is 12.6 Å². The molecule has 0 atom stereocenters. The van der Waals surface area contributed by atoms with Crippen molar-refractivity contribution in [1.82, 2.24) is 0 Å². The topological polar surface area (TPSA) is 26.3 Å². The molecule has 1 aromatic rings. The Labute approximate surface area is 81.1 Å². The monoisotopic (exact) mass is 200 g/mol. The van der Waals surface area contributed by atoms with Crippen molar-refractivity contribution >= 4 is 18.6 Å². The van der Waals surface area contributed by atoms with Crippen molar-refractivity contribution < 1.29 is 13.9 Å². The molecule has 0 heterocycles. The van der Waals surface area contributed by atoms with Gasteiger partial charge in [-0.05, 0) is 24.6 Å². The summed E-state index contributed by atoms with van der Waals surface area (Å²) >= 11 is 4.02. The standard InChI is InChI=1S/C9H9FO2S/c1-5-7(13)4-3-6(8(5)10)9(11)12-2/h3-4,13H,1-2H3. The minimum absolute atomic E-state index is 0.0576. The Morgan fingerprint density at radius 3 is 2.69 bits per heavy atom. The van der Waals surface area contributed by atoms with Crippen LogP contribution in [-0.4, -0.2) is 13.1 Å². The molecule has 0 N–H and O–H groups in total. The average Bonchev–Trinajstić information content (AvgIpc) is 2.13. The summed E-state index contributed by atoms with van der Waals surface area (Å²) in [6.45, 7) is 1.56. The maximum Gasteiger partial charge on any atom is 0.340 e. The lowest BCUT2D eigenvalue weighted by Crippen LogP contribution is -2.05. The first-order valence-electron chi connectivity index (χ1n) is 3.64. The summed E-state index contributed by atoms with van der Waals surface area (Å²) in [6, 6.07) is 2.92. The largest absolute Gasteiger partial charge is 0.465 e. The van der Waals surface area contributed by atoms with Crippen LogP contribution < -0.4 is 0 Å². The third-order valence-electron chi connectivity index (χ3n) is 1.76. The van der Waals surface area contributed by atoms with Gasteiger partial charge in [-0.15, -0.1) is 12.6 Å². The first kappa shape index (κ1) is 10.1. The second-order valence-electron chi connectivity index (χ2n) is 2.56. The number of methoxy groups -OCH3 is 1. The fourth-order valence-electron chi connectivity index (χ4n) is 0.942. The summed E-state index contributed by atoms with van der Waals surface area (Å²) in [5, 5.41) is 0. The van der Waals surface area contributed by atoms with Crippen molar-refractivity contribution in [3.05, 3.63) is 29.1 Å². The molecule has 70 valence electrons. The zero-order valence-electron chi connectivity index (χ0n) is 7.30. The van der Waals surface area contributed by atoms with E-state index in [9.17, 15) is 9.18 Å². The second-order valence-corrected chi connectivity index (χ2v) is 3.04. The Bertz CT molecular complexity index is 350. The van der Waals surface area contributed by atoms with Crippen molar-refractivity contribution in [3.63, 3.8) is 0 Å². The third kappa shape index (κ3) is 1.83. The van der Waals surface area contributed by atoms with E-state index < -0.39 is 11.8 Å². The van der Waals surface area contributed by atoms with E-state index in [0.29, 0.717) is 10.5 Å². The Hall–Kier alpha value is -1.03. The van der Waals surface area contributed by atoms with Crippen LogP contribution in [0.1, 0.15) is 15.9 Å². The van der Waals surface area contributed by atoms with E-state index in [4.69, 9.17) is 0 Å². The van der Waals surface area contributed by atoms with Crippen molar-refractivity contribution in [3.8, 4) is 0 Å². The third-order valence-corrected chi connectivity index (χ3v) is 2.25. The minimum Gasteiger partial charge on any atom is -0.465 e. The number of esters is 1. The van der Waals surface area contributed by atoms with Gasteiger partial charge in [0.1, 0.15) is 5.82 Å². The van der Waals surface area contributed by atoms with Gasteiger partial charge in [0.15, 0.2) is 0 Å². The minimum atomic E-state index is -0.672. The van der Waals surface area contributed by atoms with Crippen LogP contribution in [0.25, 0.3) is 0 Å². The number of hydrogen-bond acceptors (Lipinski definition) is 3. The van der Waals surface area contributed by atoms with Gasteiger partial charge in [-0.3, -0.25) is 0 Å². The number of carbonyl (C=O) groups excluding carboxylic acids is 1. The Kier molecular flexibility index (Phi) is 2.93. The Balaban J connectivity index is 3.26. The second kappa shape index (κ2) is 3.79. The quantitative estimate of drug-likeness (QED) is 0.555. The van der Waals surface area contributed by atoms with Gasteiger partial charge in [0.25, 0.3) is 0 Å². The summed E-state index contributed by atoms with van der Waals surface area (Å²) in [7, 11) is 1.21. The highest BCUT2D eigenvalue weighted by molar-refractivity contribution is 7.80. The zero-order valence-corrected chi connectivity index (χ0v) is 8.19. The molecule has 0 radical (unpaired) electrons. The smallest absolute Gasteiger partial charge is 0.340 e. The van der Waals surface area contributed by atoms with Gasteiger partial charge in [-0.2, -0.15) is 0 Å². The fraction of sp³-hybridized carbons (Fsp3) is 0.222. The van der Waals surface area contributed by atoms with Gasteiger partial charge in [0.05, 0.1) is 12.7 Å². The summed E-state index contributed by atoms with van der Waals surface area (Å²) in [4.78, 5) is 11.5. The lowest BCUT2D eigenvalue weighted by molar-refractivity contribution is 0.0595. The molecular formula is C9H9FO2S. The summed E-state index contributed by atoms with van der Waals surface area (Å²) in [5.41, 5.74) is 0.295. The summed E-state index contributed by atoms with van der Waals surface area (Å²) in [5.74, 6) is -1.24. The number of ether oxygens (including phenoxy) is 1. The number of carbonyl (C=O) groups is 1. The molecule has 0 aliphatic heterocycles. The molecule has 0 aliphatic rings. The van der Waals surface area contributed by atoms with Gasteiger partial charge in [0.2, 0.25) is 0 Å². The predicted octanol–water partition coefficient (Wildman–Crippen LogP) is 2.21. The molecule has 0 bridgehead atoms. The number of rotatable bonds is 1. The van der Waals surface area contributed by atoms with Gasteiger partial charge >= 0.3 is 5.97 Å². The maximum absolute atomic E-state index is 13.4. The highest BCUT2D eigenvalue weighted by atomic mass is 32.1. The molecule has 13 heavy (non-hydrogen) atoms. The maximum atomic E-state index is 13.4. The lowest BCUT2D eigenvalue weighted by Gasteiger charge is -2.05. The van der Waals surface area contributed by atoms with Crippen LogP contribution in [0.3, 0.4) is 0 Å². The van der Waals surface area contributed by atoms with Crippen LogP contribution in [0.2, 0.25) is 0 Å². The van der Waals surface area contributed by atoms with Crippen LogP contribution in [0, 0.1) is 12.7 Å². The summed E-state index contributed by atoms with van der Waals surface area (Å²) < 4.78 is 17.8. The van der Waals surface area contributed by atoms with Gasteiger partial charge in [-0.25, -0.2) is 9.18 Å². The Morgan fingerprint density at radius 1 is 1.54 bits per heavy atom. The number of thiol groups is 1. The van der Waals surface area contributed by atoms with Gasteiger partial charge < -0.3 is 4.74 Å². The molecule has 0 spiro atoms. The number of benzene rings is 1. The van der Waals surface area contributed by atoms with E-state index in [1.165, 1.54) is 13.2 Å². The first-order chi connectivity index (χ1) is 6.07. The van der Waals surface area contributed by atoms with Crippen molar-refractivity contribution in [2.45, 2.75) is 11.8 Å². The molecular weight excluding hydrogens is 191 g/mol. The molecule has 1 rings (SSSR count). The molecule has 0 aliphatic carbocycles. The van der Waals surface area contributed by atoms with Crippen LogP contribution in [0.15, 0.2) is 17.0 Å². The lowest BCUT2D eigenvalue weighted by atomic mass is 10.1. The predicted molar refractivity (Wildman–Crippen MR) is 49.7 cm³/mol. The fourth-order valence-corrected chi connectivity index (χ4v) is 1.12. The zero-order chi connectivity index (χ0) is 10.0. The van der Waals surface area contributed by atoms with Crippen molar-refractivity contribution in [2.75, 3.05) is 7.11 Å². The average molecular weight is 200 g/mol. The van der Waals surface area contributed by atoms with E-state index >= 15 is 0 Å². The van der Waals surface area contributed by atoms with Gasteiger partial charge in [0, 0.05) is 4.90 Å². The molecule has 0 saturated heterocycles. The Morgan fingerprint density at radius 2 is 2.15 bits per heavy atom. The van der Waals surface area contributed by atoms with Crippen LogP contribution in [0.5, 0.6) is 0 Å². The van der Waals surface area contributed by atoms with Crippen LogP contribution in [-0.2, 0) is 4.74 Å².